The molecule has 0 radical (unpaired) electrons. The van der Waals surface area contributed by atoms with Crippen molar-refractivity contribution in [2.24, 2.45) is 5.10 Å². The molecule has 2 aromatic rings. The summed E-state index contributed by atoms with van der Waals surface area (Å²) in [4.78, 5) is 24.0. The van der Waals surface area contributed by atoms with Crippen molar-refractivity contribution in [2.75, 3.05) is 26.9 Å². The lowest BCUT2D eigenvalue weighted by Crippen LogP contribution is -2.18. The molecule has 0 aliphatic heterocycles. The first kappa shape index (κ1) is 22.7. The molecule has 0 fully saturated rings. The van der Waals surface area contributed by atoms with Crippen LogP contribution in [0, 0.1) is 0 Å². The maximum Gasteiger partial charge on any atom is 0.337 e. The van der Waals surface area contributed by atoms with Crippen molar-refractivity contribution in [3.05, 3.63) is 53.1 Å². The number of nitrogens with one attached hydrogen (secondary N) is 1. The van der Waals surface area contributed by atoms with Gasteiger partial charge in [-0.3, -0.25) is 4.79 Å². The zero-order valence-electron chi connectivity index (χ0n) is 17.6. The van der Waals surface area contributed by atoms with Gasteiger partial charge in [0.15, 0.2) is 11.5 Å². The topological polar surface area (TPSA) is 95.5 Å². The average Bonchev–Trinajstić information content (AvgIpc) is 2.76. The van der Waals surface area contributed by atoms with Gasteiger partial charge in [-0.2, -0.15) is 5.10 Å². The van der Waals surface area contributed by atoms with Gasteiger partial charge in [-0.15, -0.1) is 0 Å². The Morgan fingerprint density at radius 2 is 1.47 bits per heavy atom. The zero-order chi connectivity index (χ0) is 21.9. The van der Waals surface area contributed by atoms with Crippen LogP contribution in [0.1, 0.15) is 47.1 Å². The number of hydrogen-bond donors (Lipinski definition) is 1. The molecule has 1 amide bonds. The Bertz CT molecular complexity index is 866. The standard InChI is InChI=1S/C22H26N2O6/c1-5-28-18-12-17(13-19(29-6-2)20(18)30-7-3)21(25)24-23-14-15-8-10-16(11-9-15)22(26)27-4/h8-14H,5-7H2,1-4H3,(H,24,25)/b23-14-. The smallest absolute Gasteiger partial charge is 0.337 e. The monoisotopic (exact) mass is 414 g/mol. The first-order valence-electron chi connectivity index (χ1n) is 9.62. The summed E-state index contributed by atoms with van der Waals surface area (Å²) >= 11 is 0. The summed E-state index contributed by atoms with van der Waals surface area (Å²) in [6.07, 6.45) is 1.47. The fourth-order valence-electron chi connectivity index (χ4n) is 2.57. The quantitative estimate of drug-likeness (QED) is 0.364. The number of methoxy groups -OCH3 is 1. The van der Waals surface area contributed by atoms with Gasteiger partial charge < -0.3 is 18.9 Å². The van der Waals surface area contributed by atoms with E-state index in [9.17, 15) is 9.59 Å². The molecule has 0 aliphatic carbocycles. The summed E-state index contributed by atoms with van der Waals surface area (Å²) in [5, 5.41) is 3.97. The Kier molecular flexibility index (Phi) is 8.68. The Labute approximate surface area is 175 Å². The third-order valence-corrected chi connectivity index (χ3v) is 3.88. The predicted molar refractivity (Wildman–Crippen MR) is 113 cm³/mol. The van der Waals surface area contributed by atoms with Gasteiger partial charge in [0.1, 0.15) is 0 Å². The highest BCUT2D eigenvalue weighted by molar-refractivity contribution is 5.96. The Morgan fingerprint density at radius 1 is 0.900 bits per heavy atom. The molecule has 0 aliphatic rings. The first-order valence-corrected chi connectivity index (χ1v) is 9.62. The van der Waals surface area contributed by atoms with E-state index in [2.05, 4.69) is 15.3 Å². The molecule has 8 heteroatoms. The van der Waals surface area contributed by atoms with Crippen molar-refractivity contribution >= 4 is 18.1 Å². The molecule has 0 spiro atoms. The number of nitrogens with zero attached hydrogens (tertiary/aromatic N) is 1. The molecular formula is C22H26N2O6. The number of carbonyl (C=O) groups excluding carboxylic acids is 2. The van der Waals surface area contributed by atoms with Crippen molar-refractivity contribution in [3.63, 3.8) is 0 Å². The third kappa shape index (κ3) is 5.97. The maximum atomic E-state index is 12.6. The van der Waals surface area contributed by atoms with E-state index in [1.807, 2.05) is 20.8 Å². The van der Waals surface area contributed by atoms with E-state index in [1.165, 1.54) is 13.3 Å². The van der Waals surface area contributed by atoms with Crippen LogP contribution in [0.2, 0.25) is 0 Å². The number of esters is 1. The fourth-order valence-corrected chi connectivity index (χ4v) is 2.57. The van der Waals surface area contributed by atoms with Crippen molar-refractivity contribution in [1.29, 1.82) is 0 Å². The number of carbonyl (C=O) groups is 2. The molecule has 1 N–H and O–H groups in total. The largest absolute Gasteiger partial charge is 0.490 e. The molecule has 0 heterocycles. The Hall–Kier alpha value is -3.55. The minimum Gasteiger partial charge on any atom is -0.490 e. The van der Waals surface area contributed by atoms with Crippen molar-refractivity contribution in [2.45, 2.75) is 20.8 Å². The van der Waals surface area contributed by atoms with Crippen molar-refractivity contribution < 1.29 is 28.5 Å². The molecule has 30 heavy (non-hydrogen) atoms. The summed E-state index contributed by atoms with van der Waals surface area (Å²) < 4.78 is 21.5. The molecule has 2 aromatic carbocycles. The van der Waals surface area contributed by atoms with E-state index in [4.69, 9.17) is 14.2 Å². The molecule has 0 saturated carbocycles. The van der Waals surface area contributed by atoms with Crippen LogP contribution in [0.3, 0.4) is 0 Å². The Morgan fingerprint density at radius 3 is 1.97 bits per heavy atom. The van der Waals surface area contributed by atoms with E-state index in [0.717, 1.165) is 0 Å². The van der Waals surface area contributed by atoms with Crippen LogP contribution >= 0.6 is 0 Å². The normalized spacial score (nSPS) is 10.5. The van der Waals surface area contributed by atoms with Crippen LogP contribution in [0.5, 0.6) is 17.2 Å². The molecular weight excluding hydrogens is 388 g/mol. The van der Waals surface area contributed by atoms with E-state index >= 15 is 0 Å². The average molecular weight is 414 g/mol. The van der Waals surface area contributed by atoms with E-state index < -0.39 is 11.9 Å². The van der Waals surface area contributed by atoms with E-state index in [0.29, 0.717) is 53.8 Å². The molecule has 0 aromatic heterocycles. The molecule has 8 nitrogen and oxygen atoms in total. The zero-order valence-corrected chi connectivity index (χ0v) is 17.6. The van der Waals surface area contributed by atoms with Crippen LogP contribution in [0.4, 0.5) is 0 Å². The van der Waals surface area contributed by atoms with Gasteiger partial charge in [-0.05, 0) is 50.6 Å². The second-order valence-electron chi connectivity index (χ2n) is 5.91. The third-order valence-electron chi connectivity index (χ3n) is 3.88. The molecule has 0 saturated heterocycles. The highest BCUT2D eigenvalue weighted by Crippen LogP contribution is 2.39. The molecule has 2 rings (SSSR count). The van der Waals surface area contributed by atoms with Gasteiger partial charge in [0, 0.05) is 5.56 Å². The second kappa shape index (κ2) is 11.5. The summed E-state index contributed by atoms with van der Waals surface area (Å²) in [5.74, 6) is 0.475. The number of rotatable bonds is 10. The fraction of sp³-hybridized carbons (Fsp3) is 0.318. The summed E-state index contributed by atoms with van der Waals surface area (Å²) in [6.45, 7) is 6.81. The highest BCUT2D eigenvalue weighted by atomic mass is 16.5. The van der Waals surface area contributed by atoms with Crippen molar-refractivity contribution in [1.82, 2.24) is 5.43 Å². The SMILES string of the molecule is CCOc1cc(C(=O)N/N=C\c2ccc(C(=O)OC)cc2)cc(OCC)c1OCC. The van der Waals surface area contributed by atoms with Gasteiger partial charge in [0.2, 0.25) is 5.75 Å². The first-order chi connectivity index (χ1) is 14.5. The van der Waals surface area contributed by atoms with E-state index in [1.54, 1.807) is 36.4 Å². The van der Waals surface area contributed by atoms with E-state index in [-0.39, 0.29) is 0 Å². The highest BCUT2D eigenvalue weighted by Gasteiger charge is 2.18. The van der Waals surface area contributed by atoms with Gasteiger partial charge >= 0.3 is 5.97 Å². The predicted octanol–water partition coefficient (Wildman–Crippen LogP) is 3.43. The molecule has 160 valence electrons. The van der Waals surface area contributed by atoms with Crippen LogP contribution in [0.25, 0.3) is 0 Å². The van der Waals surface area contributed by atoms with Crippen LogP contribution in [-0.4, -0.2) is 45.0 Å². The van der Waals surface area contributed by atoms with Gasteiger partial charge in [-0.1, -0.05) is 12.1 Å². The lowest BCUT2D eigenvalue weighted by atomic mass is 10.1. The Balaban J connectivity index is 2.17. The molecule has 0 unspecified atom stereocenters. The number of hydrazone groups is 1. The van der Waals surface area contributed by atoms with Crippen LogP contribution in [0.15, 0.2) is 41.5 Å². The summed E-state index contributed by atoms with van der Waals surface area (Å²) in [7, 11) is 1.32. The van der Waals surface area contributed by atoms with Gasteiger partial charge in [0.05, 0.1) is 38.7 Å². The maximum absolute atomic E-state index is 12.6. The summed E-state index contributed by atoms with van der Waals surface area (Å²) in [5.41, 5.74) is 3.93. The number of benzene rings is 2. The number of ether oxygens (including phenoxy) is 4. The van der Waals surface area contributed by atoms with Gasteiger partial charge in [-0.25, -0.2) is 10.2 Å². The lowest BCUT2D eigenvalue weighted by molar-refractivity contribution is 0.0600. The van der Waals surface area contributed by atoms with Gasteiger partial charge in [0.25, 0.3) is 5.91 Å². The number of hydrogen-bond acceptors (Lipinski definition) is 7. The molecule has 0 atom stereocenters. The van der Waals surface area contributed by atoms with Crippen LogP contribution in [-0.2, 0) is 4.74 Å². The van der Waals surface area contributed by atoms with Crippen LogP contribution < -0.4 is 19.6 Å². The minimum absolute atomic E-state index is 0.323. The number of amides is 1. The molecule has 0 bridgehead atoms. The summed E-state index contributed by atoms with van der Waals surface area (Å²) in [6, 6.07) is 9.80. The van der Waals surface area contributed by atoms with Crippen molar-refractivity contribution in [3.8, 4) is 17.2 Å². The lowest BCUT2D eigenvalue weighted by Gasteiger charge is -2.16. The minimum atomic E-state index is -0.428. The second-order valence-corrected chi connectivity index (χ2v) is 5.91.